The fourth-order valence-electron chi connectivity index (χ4n) is 3.18. The summed E-state index contributed by atoms with van der Waals surface area (Å²) >= 11 is 0. The number of hydrogen-bond donors (Lipinski definition) is 2. The van der Waals surface area contributed by atoms with E-state index in [1.807, 2.05) is 6.08 Å². The van der Waals surface area contributed by atoms with Crippen molar-refractivity contribution in [2.75, 3.05) is 7.11 Å². The van der Waals surface area contributed by atoms with Crippen molar-refractivity contribution in [3.05, 3.63) is 36.1 Å². The second-order valence-corrected chi connectivity index (χ2v) is 7.25. The molecule has 1 unspecified atom stereocenters. The summed E-state index contributed by atoms with van der Waals surface area (Å²) in [6.45, 7) is 4.23. The molecule has 0 saturated carbocycles. The van der Waals surface area contributed by atoms with Gasteiger partial charge < -0.3 is 15.2 Å². The molecule has 0 saturated heterocycles. The summed E-state index contributed by atoms with van der Waals surface area (Å²) in [7, 11) is 1.34. The van der Waals surface area contributed by atoms with Crippen molar-refractivity contribution in [3.8, 4) is 0 Å². The molecule has 0 spiro atoms. The summed E-state index contributed by atoms with van der Waals surface area (Å²) in [5.74, 6) is -0.333. The Hall–Kier alpha value is -2.04. The third-order valence-electron chi connectivity index (χ3n) is 4.86. The molecule has 1 rings (SSSR count). The van der Waals surface area contributed by atoms with Crippen molar-refractivity contribution >= 4 is 11.9 Å². The molecule has 0 aromatic carbocycles. The zero-order valence-electron chi connectivity index (χ0n) is 17.0. The third kappa shape index (κ3) is 8.46. The maximum Gasteiger partial charge on any atom is 0.328 e. The minimum atomic E-state index is -0.710. The van der Waals surface area contributed by atoms with Crippen LogP contribution >= 0.6 is 0 Å². The zero-order valence-corrected chi connectivity index (χ0v) is 17.0. The average molecular weight is 378 g/mol. The van der Waals surface area contributed by atoms with Gasteiger partial charge in [0.15, 0.2) is 0 Å². The Bertz CT molecular complexity index is 565. The number of allylic oxidation sites excluding steroid dienone is 5. The zero-order chi connectivity index (χ0) is 20.1. The van der Waals surface area contributed by atoms with Crippen LogP contribution in [-0.2, 0) is 14.3 Å². The number of rotatable bonds is 12. The number of aliphatic hydroxyl groups excluding tert-OH is 1. The normalized spacial score (nSPS) is 20.3. The first kappa shape index (κ1) is 23.0. The first-order valence-electron chi connectivity index (χ1n) is 10.1. The molecular weight excluding hydrogens is 342 g/mol. The molecule has 5 heteroatoms. The molecule has 0 aromatic heterocycles. The largest absolute Gasteiger partial charge is 0.508 e. The highest BCUT2D eigenvalue weighted by molar-refractivity contribution is 5.84. The molecule has 152 valence electrons. The molecule has 0 bridgehead atoms. The van der Waals surface area contributed by atoms with Gasteiger partial charge in [0.05, 0.1) is 7.11 Å². The minimum absolute atomic E-state index is 0.123. The quantitative estimate of drug-likeness (QED) is 0.292. The SMILES string of the molecule is CCCCC=CC1(C[C@H](NC(=O)CCCCC)C(=O)OC)C=CC(O)=CC1. The topological polar surface area (TPSA) is 75.6 Å². The van der Waals surface area contributed by atoms with Crippen molar-refractivity contribution in [2.45, 2.75) is 77.7 Å². The Morgan fingerprint density at radius 2 is 2.04 bits per heavy atom. The number of methoxy groups -OCH3 is 1. The van der Waals surface area contributed by atoms with Gasteiger partial charge in [0.25, 0.3) is 0 Å². The van der Waals surface area contributed by atoms with Crippen molar-refractivity contribution in [1.29, 1.82) is 0 Å². The van der Waals surface area contributed by atoms with E-state index in [1.165, 1.54) is 7.11 Å². The highest BCUT2D eigenvalue weighted by Crippen LogP contribution is 2.36. The smallest absolute Gasteiger partial charge is 0.328 e. The summed E-state index contributed by atoms with van der Waals surface area (Å²) < 4.78 is 4.92. The summed E-state index contributed by atoms with van der Waals surface area (Å²) in [6, 6.07) is -0.710. The lowest BCUT2D eigenvalue weighted by atomic mass is 9.75. The number of ether oxygens (including phenoxy) is 1. The summed E-state index contributed by atoms with van der Waals surface area (Å²) in [4.78, 5) is 24.5. The standard InChI is InChI=1S/C22H35NO4/c1-4-6-8-10-14-22(15-12-18(24)13-16-22)17-19(21(26)27-3)23-20(25)11-9-7-5-2/h10,12-15,19,24H,4-9,11,16-17H2,1-3H3,(H,23,25)/t19-,22?/m0/s1. The Morgan fingerprint density at radius 3 is 2.63 bits per heavy atom. The highest BCUT2D eigenvalue weighted by atomic mass is 16.5. The summed E-state index contributed by atoms with van der Waals surface area (Å²) in [5, 5.41) is 12.5. The van der Waals surface area contributed by atoms with E-state index in [0.717, 1.165) is 38.5 Å². The second-order valence-electron chi connectivity index (χ2n) is 7.25. The average Bonchev–Trinajstić information content (AvgIpc) is 2.66. The molecule has 1 aliphatic rings. The first-order valence-corrected chi connectivity index (χ1v) is 10.1. The van der Waals surface area contributed by atoms with Crippen LogP contribution in [-0.4, -0.2) is 30.1 Å². The number of aliphatic hydroxyl groups is 1. The molecule has 0 radical (unpaired) electrons. The molecule has 1 aliphatic carbocycles. The molecular formula is C22H35NO4. The number of unbranched alkanes of at least 4 members (excludes halogenated alkanes) is 4. The van der Waals surface area contributed by atoms with E-state index in [-0.39, 0.29) is 11.7 Å². The van der Waals surface area contributed by atoms with Crippen LogP contribution in [0.3, 0.4) is 0 Å². The predicted octanol–water partition coefficient (Wildman–Crippen LogP) is 4.75. The predicted molar refractivity (Wildman–Crippen MR) is 108 cm³/mol. The van der Waals surface area contributed by atoms with E-state index >= 15 is 0 Å². The molecule has 0 aliphatic heterocycles. The van der Waals surface area contributed by atoms with E-state index in [2.05, 4.69) is 31.3 Å². The molecule has 2 N–H and O–H groups in total. The van der Waals surface area contributed by atoms with E-state index in [0.29, 0.717) is 19.3 Å². The van der Waals surface area contributed by atoms with Crippen molar-refractivity contribution in [3.63, 3.8) is 0 Å². The molecule has 5 nitrogen and oxygen atoms in total. The van der Waals surface area contributed by atoms with E-state index in [9.17, 15) is 14.7 Å². The van der Waals surface area contributed by atoms with Crippen molar-refractivity contribution in [2.24, 2.45) is 5.41 Å². The molecule has 1 amide bonds. The Kier molecular flexibility index (Phi) is 10.5. The first-order chi connectivity index (χ1) is 13.0. The molecule has 27 heavy (non-hydrogen) atoms. The van der Waals surface area contributed by atoms with Crippen LogP contribution < -0.4 is 5.32 Å². The molecule has 0 fully saturated rings. The van der Waals surface area contributed by atoms with Gasteiger partial charge in [-0.3, -0.25) is 4.79 Å². The molecule has 0 heterocycles. The van der Waals surface area contributed by atoms with Crippen LogP contribution in [0.25, 0.3) is 0 Å². The Labute approximate surface area is 163 Å². The number of carbonyl (C=O) groups excluding carboxylic acids is 2. The fourth-order valence-corrected chi connectivity index (χ4v) is 3.18. The number of nitrogens with one attached hydrogen (secondary N) is 1. The van der Waals surface area contributed by atoms with Gasteiger partial charge in [-0.25, -0.2) is 4.79 Å². The van der Waals surface area contributed by atoms with Crippen molar-refractivity contribution < 1.29 is 19.4 Å². The van der Waals surface area contributed by atoms with Gasteiger partial charge in [-0.2, -0.15) is 0 Å². The van der Waals surface area contributed by atoms with Crippen LogP contribution in [0.4, 0.5) is 0 Å². The van der Waals surface area contributed by atoms with Gasteiger partial charge in [-0.1, -0.05) is 57.8 Å². The Balaban J connectivity index is 2.88. The van der Waals surface area contributed by atoms with Gasteiger partial charge in [0, 0.05) is 11.8 Å². The van der Waals surface area contributed by atoms with Crippen LogP contribution in [0, 0.1) is 5.41 Å². The lowest BCUT2D eigenvalue weighted by Gasteiger charge is -2.32. The molecule has 0 aromatic rings. The maximum absolute atomic E-state index is 12.3. The van der Waals surface area contributed by atoms with E-state index < -0.39 is 17.4 Å². The maximum atomic E-state index is 12.3. The number of hydrogen-bond acceptors (Lipinski definition) is 4. The summed E-state index contributed by atoms with van der Waals surface area (Å²) in [6.07, 6.45) is 17.0. The number of carbonyl (C=O) groups is 2. The molecule has 2 atom stereocenters. The summed E-state index contributed by atoms with van der Waals surface area (Å²) in [5.41, 5.74) is -0.421. The third-order valence-corrected chi connectivity index (χ3v) is 4.86. The number of amides is 1. The Morgan fingerprint density at radius 1 is 1.30 bits per heavy atom. The van der Waals surface area contributed by atoms with Gasteiger partial charge in [0.2, 0.25) is 5.91 Å². The van der Waals surface area contributed by atoms with E-state index in [4.69, 9.17) is 4.74 Å². The van der Waals surface area contributed by atoms with Crippen LogP contribution in [0.5, 0.6) is 0 Å². The van der Waals surface area contributed by atoms with Gasteiger partial charge in [0.1, 0.15) is 11.8 Å². The number of esters is 1. The van der Waals surface area contributed by atoms with Gasteiger partial charge in [-0.15, -0.1) is 0 Å². The van der Waals surface area contributed by atoms with Crippen LogP contribution in [0.15, 0.2) is 36.1 Å². The van der Waals surface area contributed by atoms with Gasteiger partial charge >= 0.3 is 5.97 Å². The van der Waals surface area contributed by atoms with Crippen LogP contribution in [0.2, 0.25) is 0 Å². The van der Waals surface area contributed by atoms with E-state index in [1.54, 1.807) is 12.2 Å². The van der Waals surface area contributed by atoms with Crippen molar-refractivity contribution in [1.82, 2.24) is 5.32 Å². The second kappa shape index (κ2) is 12.4. The van der Waals surface area contributed by atoms with Gasteiger partial charge in [-0.05, 0) is 37.8 Å². The fraction of sp³-hybridized carbons (Fsp3) is 0.636. The lowest BCUT2D eigenvalue weighted by molar-refractivity contribution is -0.145. The minimum Gasteiger partial charge on any atom is -0.508 e. The van der Waals surface area contributed by atoms with Crippen LogP contribution in [0.1, 0.15) is 71.6 Å². The lowest BCUT2D eigenvalue weighted by Crippen LogP contribution is -2.44. The monoisotopic (exact) mass is 377 g/mol. The highest BCUT2D eigenvalue weighted by Gasteiger charge is 2.33.